The second-order valence-electron chi connectivity index (χ2n) is 6.48. The third-order valence-corrected chi connectivity index (χ3v) is 5.93. The summed E-state index contributed by atoms with van der Waals surface area (Å²) in [6.45, 7) is 2.00. The summed E-state index contributed by atoms with van der Waals surface area (Å²) in [5.74, 6) is 0.720. The lowest BCUT2D eigenvalue weighted by Crippen LogP contribution is -2.21. The van der Waals surface area contributed by atoms with E-state index in [1.165, 1.54) is 29.7 Å². The van der Waals surface area contributed by atoms with Crippen molar-refractivity contribution in [3.63, 3.8) is 0 Å². The minimum Gasteiger partial charge on any atom is -0.300 e. The Morgan fingerprint density at radius 3 is 2.64 bits per heavy atom. The molecule has 0 aliphatic heterocycles. The van der Waals surface area contributed by atoms with Gasteiger partial charge in [0.05, 0.1) is 0 Å². The van der Waals surface area contributed by atoms with Crippen LogP contribution in [0.15, 0.2) is 30.3 Å². The van der Waals surface area contributed by atoms with Crippen molar-refractivity contribution in [3.8, 4) is 0 Å². The van der Waals surface area contributed by atoms with Crippen molar-refractivity contribution in [2.75, 3.05) is 5.32 Å². The lowest BCUT2D eigenvalue weighted by atomic mass is 9.97. The van der Waals surface area contributed by atoms with Crippen LogP contribution in [0.5, 0.6) is 0 Å². The number of anilines is 1. The molecule has 1 N–H and O–H groups in total. The minimum atomic E-state index is 0.0318. The molecule has 114 valence electrons. The fraction of sp³-hybridized carbons (Fsp3) is 0.471. The van der Waals surface area contributed by atoms with Crippen molar-refractivity contribution in [2.45, 2.75) is 38.0 Å². The molecule has 22 heavy (non-hydrogen) atoms. The minimum absolute atomic E-state index is 0.0318. The zero-order chi connectivity index (χ0) is 15.2. The Morgan fingerprint density at radius 1 is 1.27 bits per heavy atom. The van der Waals surface area contributed by atoms with E-state index in [1.54, 1.807) is 0 Å². The van der Waals surface area contributed by atoms with Crippen LogP contribution in [-0.4, -0.2) is 16.1 Å². The number of carbonyl (C=O) groups is 1. The summed E-state index contributed by atoms with van der Waals surface area (Å²) in [5.41, 5.74) is 1.33. The van der Waals surface area contributed by atoms with Gasteiger partial charge in [-0.3, -0.25) is 4.79 Å². The molecule has 1 aromatic heterocycles. The SMILES string of the molecule is C[C@@H](C(=O)Nc1nnc(C2(c3ccccc3)CC2)s1)C1CC1. The van der Waals surface area contributed by atoms with Crippen molar-refractivity contribution in [3.05, 3.63) is 40.9 Å². The van der Waals surface area contributed by atoms with E-state index in [2.05, 4.69) is 39.8 Å². The predicted octanol–water partition coefficient (Wildman–Crippen LogP) is 3.60. The van der Waals surface area contributed by atoms with Gasteiger partial charge in [-0.15, -0.1) is 10.2 Å². The maximum absolute atomic E-state index is 12.2. The van der Waals surface area contributed by atoms with Crippen LogP contribution in [0.25, 0.3) is 0 Å². The van der Waals surface area contributed by atoms with Crippen LogP contribution in [-0.2, 0) is 10.2 Å². The predicted molar refractivity (Wildman–Crippen MR) is 86.9 cm³/mol. The molecule has 0 bridgehead atoms. The zero-order valence-corrected chi connectivity index (χ0v) is 13.4. The van der Waals surface area contributed by atoms with Gasteiger partial charge in [0, 0.05) is 11.3 Å². The number of amides is 1. The average molecular weight is 313 g/mol. The van der Waals surface area contributed by atoms with E-state index in [9.17, 15) is 4.79 Å². The first-order valence-corrected chi connectivity index (χ1v) is 8.71. The van der Waals surface area contributed by atoms with Crippen LogP contribution >= 0.6 is 11.3 Å². The lowest BCUT2D eigenvalue weighted by molar-refractivity contribution is -0.119. The lowest BCUT2D eigenvalue weighted by Gasteiger charge is -2.11. The molecule has 1 aromatic carbocycles. The molecule has 1 atom stereocenters. The fourth-order valence-electron chi connectivity index (χ4n) is 3.00. The average Bonchev–Trinajstić information content (AvgIpc) is 3.47. The van der Waals surface area contributed by atoms with Crippen molar-refractivity contribution in [2.24, 2.45) is 11.8 Å². The Labute approximate surface area is 134 Å². The van der Waals surface area contributed by atoms with Crippen LogP contribution < -0.4 is 5.32 Å². The van der Waals surface area contributed by atoms with E-state index < -0.39 is 0 Å². The second-order valence-corrected chi connectivity index (χ2v) is 7.45. The van der Waals surface area contributed by atoms with E-state index in [4.69, 9.17) is 0 Å². The molecular formula is C17H19N3OS. The molecule has 2 aliphatic rings. The highest BCUT2D eigenvalue weighted by Gasteiger charge is 2.49. The Hall–Kier alpha value is -1.75. The first-order chi connectivity index (χ1) is 10.7. The maximum Gasteiger partial charge on any atom is 0.229 e. The van der Waals surface area contributed by atoms with Gasteiger partial charge in [-0.2, -0.15) is 0 Å². The summed E-state index contributed by atoms with van der Waals surface area (Å²) in [6, 6.07) is 10.5. The van der Waals surface area contributed by atoms with Gasteiger partial charge in [0.2, 0.25) is 11.0 Å². The molecule has 2 aliphatic carbocycles. The van der Waals surface area contributed by atoms with Gasteiger partial charge >= 0.3 is 0 Å². The van der Waals surface area contributed by atoms with E-state index in [0.717, 1.165) is 17.8 Å². The van der Waals surface area contributed by atoms with Gasteiger partial charge in [-0.1, -0.05) is 48.6 Å². The highest BCUT2D eigenvalue weighted by molar-refractivity contribution is 7.15. The van der Waals surface area contributed by atoms with Crippen LogP contribution in [0.1, 0.15) is 43.2 Å². The van der Waals surface area contributed by atoms with Gasteiger partial charge in [-0.05, 0) is 37.2 Å². The van der Waals surface area contributed by atoms with Crippen LogP contribution in [0.4, 0.5) is 5.13 Å². The van der Waals surface area contributed by atoms with Gasteiger partial charge in [0.1, 0.15) is 5.01 Å². The standard InChI is InChI=1S/C17H19N3OS/c1-11(12-7-8-12)14(21)18-16-20-19-15(22-16)17(9-10-17)13-5-3-2-4-6-13/h2-6,11-12H,7-10H2,1H3,(H,18,20,21)/t11-/m1/s1. The molecule has 2 fully saturated rings. The smallest absolute Gasteiger partial charge is 0.229 e. The first kappa shape index (κ1) is 13.9. The van der Waals surface area contributed by atoms with E-state index >= 15 is 0 Å². The normalized spacial score (nSPS) is 20.4. The van der Waals surface area contributed by atoms with Gasteiger partial charge < -0.3 is 5.32 Å². The molecule has 2 aromatic rings. The van der Waals surface area contributed by atoms with Crippen LogP contribution in [0, 0.1) is 11.8 Å². The Bertz CT molecular complexity index is 689. The monoisotopic (exact) mass is 313 g/mol. The molecule has 0 saturated heterocycles. The van der Waals surface area contributed by atoms with Crippen LogP contribution in [0.3, 0.4) is 0 Å². The summed E-state index contributed by atoms with van der Waals surface area (Å²) in [7, 11) is 0. The topological polar surface area (TPSA) is 54.9 Å². The summed E-state index contributed by atoms with van der Waals surface area (Å²) in [6.07, 6.45) is 4.57. The summed E-state index contributed by atoms with van der Waals surface area (Å²) in [5, 5.41) is 13.1. The Morgan fingerprint density at radius 2 is 2.00 bits per heavy atom. The molecule has 1 heterocycles. The van der Waals surface area contributed by atoms with E-state index in [1.807, 2.05) is 13.0 Å². The largest absolute Gasteiger partial charge is 0.300 e. The molecule has 0 radical (unpaired) electrons. The summed E-state index contributed by atoms with van der Waals surface area (Å²) < 4.78 is 0. The van der Waals surface area contributed by atoms with Crippen molar-refractivity contribution < 1.29 is 4.79 Å². The van der Waals surface area contributed by atoms with Crippen molar-refractivity contribution in [1.29, 1.82) is 0 Å². The van der Waals surface area contributed by atoms with Crippen molar-refractivity contribution in [1.82, 2.24) is 10.2 Å². The fourth-order valence-corrected chi connectivity index (χ4v) is 4.02. The third kappa shape index (κ3) is 2.43. The molecule has 2 saturated carbocycles. The molecule has 4 nitrogen and oxygen atoms in total. The second kappa shape index (κ2) is 5.16. The number of benzene rings is 1. The van der Waals surface area contributed by atoms with E-state index in [0.29, 0.717) is 11.0 Å². The molecule has 1 amide bonds. The quantitative estimate of drug-likeness (QED) is 0.917. The number of nitrogens with one attached hydrogen (secondary N) is 1. The Balaban J connectivity index is 1.51. The molecule has 0 unspecified atom stereocenters. The number of nitrogens with zero attached hydrogens (tertiary/aromatic N) is 2. The molecule has 0 spiro atoms. The number of hydrogen-bond acceptors (Lipinski definition) is 4. The summed E-state index contributed by atoms with van der Waals surface area (Å²) in [4.78, 5) is 12.2. The van der Waals surface area contributed by atoms with Crippen LogP contribution in [0.2, 0.25) is 0 Å². The highest BCUT2D eigenvalue weighted by Crippen LogP contribution is 2.54. The third-order valence-electron chi connectivity index (χ3n) is 4.88. The zero-order valence-electron chi connectivity index (χ0n) is 12.6. The molecular weight excluding hydrogens is 294 g/mol. The number of hydrogen-bond donors (Lipinski definition) is 1. The number of aromatic nitrogens is 2. The highest BCUT2D eigenvalue weighted by atomic mass is 32.1. The van der Waals surface area contributed by atoms with E-state index in [-0.39, 0.29) is 17.2 Å². The number of rotatable bonds is 5. The van der Waals surface area contributed by atoms with Gasteiger partial charge in [-0.25, -0.2) is 0 Å². The first-order valence-electron chi connectivity index (χ1n) is 7.89. The number of carbonyl (C=O) groups excluding carboxylic acids is 1. The Kier molecular flexibility index (Phi) is 3.26. The summed E-state index contributed by atoms with van der Waals surface area (Å²) >= 11 is 1.52. The van der Waals surface area contributed by atoms with Crippen molar-refractivity contribution >= 4 is 22.4 Å². The maximum atomic E-state index is 12.2. The van der Waals surface area contributed by atoms with Gasteiger partial charge in [0.25, 0.3) is 0 Å². The molecule has 5 heteroatoms. The van der Waals surface area contributed by atoms with Gasteiger partial charge in [0.15, 0.2) is 0 Å². The molecule has 4 rings (SSSR count).